The minimum atomic E-state index is 0.791. The van der Waals surface area contributed by atoms with Gasteiger partial charge in [0.15, 0.2) is 0 Å². The first-order valence-electron chi connectivity index (χ1n) is 4.87. The molecule has 2 heteroatoms. The van der Waals surface area contributed by atoms with E-state index in [1.807, 2.05) is 6.07 Å². The molecule has 1 heterocycles. The van der Waals surface area contributed by atoms with Gasteiger partial charge in [0.1, 0.15) is 5.75 Å². The van der Waals surface area contributed by atoms with E-state index in [2.05, 4.69) is 18.0 Å². The Labute approximate surface area is 80.0 Å². The van der Waals surface area contributed by atoms with Gasteiger partial charge in [0.2, 0.25) is 0 Å². The molecule has 1 radical (unpaired) electrons. The van der Waals surface area contributed by atoms with Gasteiger partial charge < -0.3 is 4.74 Å². The van der Waals surface area contributed by atoms with E-state index in [1.165, 1.54) is 19.3 Å². The molecule has 1 aromatic rings. The van der Waals surface area contributed by atoms with Crippen LogP contribution in [0.25, 0.3) is 0 Å². The predicted molar refractivity (Wildman–Crippen MR) is 52.7 cm³/mol. The van der Waals surface area contributed by atoms with Crippen molar-refractivity contribution in [3.8, 4) is 5.75 Å². The van der Waals surface area contributed by atoms with E-state index >= 15 is 0 Å². The average Bonchev–Trinajstić information content (AvgIpc) is 2.19. The lowest BCUT2D eigenvalue weighted by Crippen LogP contribution is -1.97. The molecule has 0 aromatic carbocycles. The second-order valence-electron chi connectivity index (χ2n) is 3.03. The molecule has 0 saturated carbocycles. The molecule has 0 saturated heterocycles. The summed E-state index contributed by atoms with van der Waals surface area (Å²) in [6, 6.07) is 4.69. The van der Waals surface area contributed by atoms with E-state index in [0.717, 1.165) is 18.8 Å². The van der Waals surface area contributed by atoms with E-state index in [-0.39, 0.29) is 0 Å². The molecule has 0 N–H and O–H groups in total. The number of ether oxygens (including phenoxy) is 1. The van der Waals surface area contributed by atoms with Crippen molar-refractivity contribution in [2.75, 3.05) is 6.61 Å². The zero-order valence-corrected chi connectivity index (χ0v) is 8.12. The van der Waals surface area contributed by atoms with Gasteiger partial charge >= 0.3 is 0 Å². The highest BCUT2D eigenvalue weighted by atomic mass is 16.5. The summed E-state index contributed by atoms with van der Waals surface area (Å²) in [6.45, 7) is 3.00. The van der Waals surface area contributed by atoms with Crippen molar-refractivity contribution < 1.29 is 4.74 Å². The molecule has 0 aliphatic rings. The highest BCUT2D eigenvalue weighted by molar-refractivity contribution is 5.14. The van der Waals surface area contributed by atoms with Gasteiger partial charge in [-0.05, 0) is 12.5 Å². The summed E-state index contributed by atoms with van der Waals surface area (Å²) in [5, 5.41) is 0. The van der Waals surface area contributed by atoms with Crippen molar-refractivity contribution in [2.24, 2.45) is 0 Å². The minimum Gasteiger partial charge on any atom is -0.492 e. The van der Waals surface area contributed by atoms with Crippen LogP contribution in [0.4, 0.5) is 0 Å². The largest absolute Gasteiger partial charge is 0.492 e. The molecular weight excluding hydrogens is 162 g/mol. The van der Waals surface area contributed by atoms with E-state index in [4.69, 9.17) is 4.74 Å². The van der Waals surface area contributed by atoms with Crippen LogP contribution in [0.3, 0.4) is 0 Å². The summed E-state index contributed by atoms with van der Waals surface area (Å²) in [5.74, 6) is 0.819. The van der Waals surface area contributed by atoms with E-state index in [9.17, 15) is 0 Å². The van der Waals surface area contributed by atoms with Gasteiger partial charge in [0, 0.05) is 12.3 Å². The van der Waals surface area contributed by atoms with Gasteiger partial charge in [-0.25, -0.2) is 0 Å². The number of rotatable bonds is 6. The molecule has 0 atom stereocenters. The van der Waals surface area contributed by atoms with Crippen LogP contribution in [0, 0.1) is 6.07 Å². The molecule has 0 unspecified atom stereocenters. The summed E-state index contributed by atoms with van der Waals surface area (Å²) in [5.41, 5.74) is 0. The van der Waals surface area contributed by atoms with Crippen LogP contribution in [0.2, 0.25) is 0 Å². The fourth-order valence-electron chi connectivity index (χ4n) is 1.11. The predicted octanol–water partition coefficient (Wildman–Crippen LogP) is 2.84. The number of unbranched alkanes of at least 4 members (excludes halogenated alkanes) is 3. The van der Waals surface area contributed by atoms with Gasteiger partial charge in [0.25, 0.3) is 0 Å². The standard InChI is InChI=1S/C11H16NO/c1-2-3-4-5-9-13-11-7-6-8-12-10-11/h7-8,10H,2-5,9H2,1H3. The Kier molecular flexibility index (Phi) is 4.99. The third kappa shape index (κ3) is 4.51. The van der Waals surface area contributed by atoms with E-state index in [1.54, 1.807) is 12.4 Å². The van der Waals surface area contributed by atoms with Crippen LogP contribution in [0.1, 0.15) is 32.6 Å². The summed E-state index contributed by atoms with van der Waals surface area (Å²) in [4.78, 5) is 3.92. The van der Waals surface area contributed by atoms with Crippen molar-refractivity contribution in [2.45, 2.75) is 32.6 Å². The number of pyridine rings is 1. The third-order valence-corrected chi connectivity index (χ3v) is 1.84. The first-order chi connectivity index (χ1) is 6.43. The molecule has 1 rings (SSSR count). The van der Waals surface area contributed by atoms with Crippen LogP contribution < -0.4 is 4.74 Å². The average molecular weight is 178 g/mol. The zero-order valence-electron chi connectivity index (χ0n) is 8.12. The second-order valence-corrected chi connectivity index (χ2v) is 3.03. The summed E-state index contributed by atoms with van der Waals surface area (Å²) < 4.78 is 5.46. The Bertz CT molecular complexity index is 211. The highest BCUT2D eigenvalue weighted by Crippen LogP contribution is 2.07. The number of aromatic nitrogens is 1. The number of hydrogen-bond donors (Lipinski definition) is 0. The SMILES string of the molecule is CCCCCCOc1c[c]cnc1. The maximum absolute atomic E-state index is 5.46. The fourth-order valence-corrected chi connectivity index (χ4v) is 1.11. The molecule has 0 fully saturated rings. The Morgan fingerprint density at radius 3 is 3.00 bits per heavy atom. The van der Waals surface area contributed by atoms with Crippen molar-refractivity contribution in [3.63, 3.8) is 0 Å². The van der Waals surface area contributed by atoms with Crippen molar-refractivity contribution in [1.82, 2.24) is 4.98 Å². The second kappa shape index (κ2) is 6.46. The highest BCUT2D eigenvalue weighted by Gasteiger charge is 1.91. The molecule has 13 heavy (non-hydrogen) atoms. The van der Waals surface area contributed by atoms with Gasteiger partial charge in [-0.1, -0.05) is 26.2 Å². The van der Waals surface area contributed by atoms with Crippen LogP contribution in [-0.4, -0.2) is 11.6 Å². The molecule has 71 valence electrons. The van der Waals surface area contributed by atoms with E-state index in [0.29, 0.717) is 0 Å². The minimum absolute atomic E-state index is 0.791. The number of hydrogen-bond acceptors (Lipinski definition) is 2. The Morgan fingerprint density at radius 1 is 1.38 bits per heavy atom. The topological polar surface area (TPSA) is 22.1 Å². The number of nitrogens with zero attached hydrogens (tertiary/aromatic N) is 1. The molecule has 0 aliphatic heterocycles. The molecule has 1 aromatic heterocycles. The van der Waals surface area contributed by atoms with Crippen molar-refractivity contribution in [1.29, 1.82) is 0 Å². The lowest BCUT2D eigenvalue weighted by molar-refractivity contribution is 0.304. The van der Waals surface area contributed by atoms with Gasteiger partial charge in [-0.2, -0.15) is 0 Å². The Morgan fingerprint density at radius 2 is 2.31 bits per heavy atom. The Hall–Kier alpha value is -1.05. The summed E-state index contributed by atoms with van der Waals surface area (Å²) in [6.07, 6.45) is 8.28. The maximum Gasteiger partial charge on any atom is 0.138 e. The zero-order chi connectivity index (χ0) is 9.36. The molecule has 0 amide bonds. The summed E-state index contributed by atoms with van der Waals surface area (Å²) in [7, 11) is 0. The van der Waals surface area contributed by atoms with Crippen LogP contribution in [0.15, 0.2) is 18.5 Å². The molecule has 0 spiro atoms. The van der Waals surface area contributed by atoms with Crippen molar-refractivity contribution in [3.05, 3.63) is 24.5 Å². The van der Waals surface area contributed by atoms with Crippen LogP contribution in [-0.2, 0) is 0 Å². The first kappa shape index (κ1) is 10.0. The monoisotopic (exact) mass is 178 g/mol. The van der Waals surface area contributed by atoms with Crippen LogP contribution in [0.5, 0.6) is 5.75 Å². The lowest BCUT2D eigenvalue weighted by atomic mass is 10.2. The molecule has 0 aliphatic carbocycles. The van der Waals surface area contributed by atoms with E-state index < -0.39 is 0 Å². The van der Waals surface area contributed by atoms with Crippen LogP contribution >= 0.6 is 0 Å². The maximum atomic E-state index is 5.46. The Balaban J connectivity index is 2.07. The quantitative estimate of drug-likeness (QED) is 0.625. The van der Waals surface area contributed by atoms with Gasteiger partial charge in [-0.3, -0.25) is 4.98 Å². The molecule has 2 nitrogen and oxygen atoms in total. The lowest BCUT2D eigenvalue weighted by Gasteiger charge is -2.03. The smallest absolute Gasteiger partial charge is 0.138 e. The molecular formula is C11H16NO. The molecule has 0 bridgehead atoms. The third-order valence-electron chi connectivity index (χ3n) is 1.84. The normalized spacial score (nSPS) is 9.92. The van der Waals surface area contributed by atoms with Gasteiger partial charge in [-0.15, -0.1) is 0 Å². The van der Waals surface area contributed by atoms with Crippen molar-refractivity contribution >= 4 is 0 Å². The fraction of sp³-hybridized carbons (Fsp3) is 0.545. The first-order valence-corrected chi connectivity index (χ1v) is 4.87. The summed E-state index contributed by atoms with van der Waals surface area (Å²) >= 11 is 0. The van der Waals surface area contributed by atoms with Gasteiger partial charge in [0.05, 0.1) is 12.8 Å².